The minimum absolute atomic E-state index is 0.257. The van der Waals surface area contributed by atoms with Crippen LogP contribution in [0.3, 0.4) is 0 Å². The Balaban J connectivity index is 2.16. The van der Waals surface area contributed by atoms with Gasteiger partial charge in [-0.3, -0.25) is 0 Å². The van der Waals surface area contributed by atoms with E-state index in [0.29, 0.717) is 5.92 Å². The molecule has 0 bridgehead atoms. The van der Waals surface area contributed by atoms with Crippen molar-refractivity contribution >= 4 is 5.57 Å². The molecular weight excluding hydrogens is 228 g/mol. The van der Waals surface area contributed by atoms with E-state index in [-0.39, 0.29) is 5.41 Å². The molecule has 0 heterocycles. The van der Waals surface area contributed by atoms with E-state index in [2.05, 4.69) is 81.4 Å². The van der Waals surface area contributed by atoms with E-state index in [0.717, 1.165) is 0 Å². The third-order valence-corrected chi connectivity index (χ3v) is 3.94. The van der Waals surface area contributed by atoms with Gasteiger partial charge in [0.2, 0.25) is 0 Å². The fourth-order valence-corrected chi connectivity index (χ4v) is 2.95. The van der Waals surface area contributed by atoms with Crippen LogP contribution < -0.4 is 0 Å². The minimum atomic E-state index is 0.257. The molecule has 0 saturated heterocycles. The summed E-state index contributed by atoms with van der Waals surface area (Å²) < 4.78 is 0. The number of rotatable bonds is 1. The van der Waals surface area contributed by atoms with E-state index in [1.807, 2.05) is 0 Å². The molecule has 3 rings (SSSR count). The van der Waals surface area contributed by atoms with Gasteiger partial charge in [-0.25, -0.2) is 0 Å². The van der Waals surface area contributed by atoms with E-state index in [4.69, 9.17) is 0 Å². The highest BCUT2D eigenvalue weighted by atomic mass is 14.4. The standard InChI is InChI=1S/C19H20/c1-19(2,3)18-13-17(14-9-5-4-6-10-14)15-11-7-8-12-16(15)18/h4-13,18H,1-3H3. The Morgan fingerprint density at radius 3 is 2.11 bits per heavy atom. The third-order valence-electron chi connectivity index (χ3n) is 3.94. The molecule has 0 nitrogen and oxygen atoms in total. The first-order chi connectivity index (χ1) is 9.07. The molecule has 1 unspecified atom stereocenters. The zero-order chi connectivity index (χ0) is 13.5. The van der Waals surface area contributed by atoms with Crippen molar-refractivity contribution in [2.45, 2.75) is 26.7 Å². The lowest BCUT2D eigenvalue weighted by atomic mass is 9.78. The third kappa shape index (κ3) is 2.12. The topological polar surface area (TPSA) is 0 Å². The van der Waals surface area contributed by atoms with Gasteiger partial charge in [0.15, 0.2) is 0 Å². The van der Waals surface area contributed by atoms with Gasteiger partial charge in [-0.15, -0.1) is 0 Å². The fourth-order valence-electron chi connectivity index (χ4n) is 2.95. The zero-order valence-corrected chi connectivity index (χ0v) is 11.9. The fraction of sp³-hybridized carbons (Fsp3) is 0.263. The monoisotopic (exact) mass is 248 g/mol. The summed E-state index contributed by atoms with van der Waals surface area (Å²) in [6.45, 7) is 6.96. The van der Waals surface area contributed by atoms with Gasteiger partial charge in [0, 0.05) is 5.92 Å². The largest absolute Gasteiger partial charge is 0.0680 e. The minimum Gasteiger partial charge on any atom is -0.0680 e. The highest BCUT2D eigenvalue weighted by Gasteiger charge is 2.32. The Kier molecular flexibility index (Phi) is 2.82. The normalized spacial score (nSPS) is 18.1. The van der Waals surface area contributed by atoms with E-state index < -0.39 is 0 Å². The lowest BCUT2D eigenvalue weighted by Gasteiger charge is -2.26. The maximum Gasteiger partial charge on any atom is 0.00821 e. The molecule has 2 aromatic carbocycles. The van der Waals surface area contributed by atoms with E-state index >= 15 is 0 Å². The predicted molar refractivity (Wildman–Crippen MR) is 82.2 cm³/mol. The van der Waals surface area contributed by atoms with E-state index in [9.17, 15) is 0 Å². The van der Waals surface area contributed by atoms with Crippen LogP contribution in [0.4, 0.5) is 0 Å². The van der Waals surface area contributed by atoms with Gasteiger partial charge in [0.1, 0.15) is 0 Å². The van der Waals surface area contributed by atoms with Crippen molar-refractivity contribution in [3.05, 3.63) is 77.4 Å². The summed E-state index contributed by atoms with van der Waals surface area (Å²) in [7, 11) is 0. The summed E-state index contributed by atoms with van der Waals surface area (Å²) >= 11 is 0. The maximum atomic E-state index is 2.44. The van der Waals surface area contributed by atoms with Crippen LogP contribution in [0.25, 0.3) is 5.57 Å². The summed E-state index contributed by atoms with van der Waals surface area (Å²) in [6.07, 6.45) is 2.44. The van der Waals surface area contributed by atoms with E-state index in [1.54, 1.807) is 0 Å². The number of fused-ring (bicyclic) bond motifs is 1. The smallest absolute Gasteiger partial charge is 0.00821 e. The van der Waals surface area contributed by atoms with Crippen LogP contribution in [0.15, 0.2) is 60.7 Å². The summed E-state index contributed by atoms with van der Waals surface area (Å²) in [5, 5.41) is 0. The number of hydrogen-bond donors (Lipinski definition) is 0. The van der Waals surface area contributed by atoms with Gasteiger partial charge in [-0.1, -0.05) is 81.4 Å². The lowest BCUT2D eigenvalue weighted by Crippen LogP contribution is -2.14. The van der Waals surface area contributed by atoms with Crippen molar-refractivity contribution in [3.8, 4) is 0 Å². The predicted octanol–water partition coefficient (Wildman–Crippen LogP) is 5.26. The molecular formula is C19H20. The van der Waals surface area contributed by atoms with Crippen LogP contribution in [0, 0.1) is 5.41 Å². The van der Waals surface area contributed by atoms with Crippen LogP contribution in [0.1, 0.15) is 43.4 Å². The van der Waals surface area contributed by atoms with E-state index in [1.165, 1.54) is 22.3 Å². The SMILES string of the molecule is CC(C)(C)C1C=C(c2ccccc2)c2ccccc21. The van der Waals surface area contributed by atoms with Crippen LogP contribution in [-0.4, -0.2) is 0 Å². The van der Waals surface area contributed by atoms with Gasteiger partial charge >= 0.3 is 0 Å². The molecule has 0 heteroatoms. The summed E-state index contributed by atoms with van der Waals surface area (Å²) in [6, 6.07) is 19.5. The average molecular weight is 248 g/mol. The molecule has 1 aliphatic carbocycles. The number of hydrogen-bond acceptors (Lipinski definition) is 0. The first-order valence-corrected chi connectivity index (χ1v) is 6.94. The molecule has 0 fully saturated rings. The molecule has 0 radical (unpaired) electrons. The summed E-state index contributed by atoms with van der Waals surface area (Å²) in [5.74, 6) is 0.499. The molecule has 1 atom stereocenters. The summed E-state index contributed by atoms with van der Waals surface area (Å²) in [4.78, 5) is 0. The highest BCUT2D eigenvalue weighted by Crippen LogP contribution is 2.47. The second-order valence-electron chi connectivity index (χ2n) is 6.38. The molecule has 2 aromatic rings. The van der Waals surface area contributed by atoms with Gasteiger partial charge < -0.3 is 0 Å². The number of allylic oxidation sites excluding steroid dienone is 1. The Hall–Kier alpha value is -1.82. The van der Waals surface area contributed by atoms with Crippen molar-refractivity contribution < 1.29 is 0 Å². The van der Waals surface area contributed by atoms with Gasteiger partial charge in [0.05, 0.1) is 0 Å². The molecule has 0 aliphatic heterocycles. The van der Waals surface area contributed by atoms with Crippen molar-refractivity contribution in [1.82, 2.24) is 0 Å². The molecule has 0 aromatic heterocycles. The van der Waals surface area contributed by atoms with Crippen molar-refractivity contribution in [1.29, 1.82) is 0 Å². The first kappa shape index (κ1) is 12.2. The second-order valence-corrected chi connectivity index (χ2v) is 6.38. The second kappa shape index (κ2) is 4.38. The Labute approximate surface area is 115 Å². The molecule has 19 heavy (non-hydrogen) atoms. The quantitative estimate of drug-likeness (QED) is 0.645. The lowest BCUT2D eigenvalue weighted by molar-refractivity contribution is 0.370. The Morgan fingerprint density at radius 1 is 0.789 bits per heavy atom. The molecule has 0 amide bonds. The molecule has 1 aliphatic rings. The number of benzene rings is 2. The van der Waals surface area contributed by atoms with Crippen molar-refractivity contribution in [2.24, 2.45) is 5.41 Å². The molecule has 0 spiro atoms. The summed E-state index contributed by atoms with van der Waals surface area (Å²) in [5.41, 5.74) is 5.83. The van der Waals surface area contributed by atoms with Crippen LogP contribution in [0.5, 0.6) is 0 Å². The first-order valence-electron chi connectivity index (χ1n) is 6.94. The molecule has 0 saturated carbocycles. The highest BCUT2D eigenvalue weighted by molar-refractivity contribution is 5.85. The van der Waals surface area contributed by atoms with Gasteiger partial charge in [-0.05, 0) is 27.7 Å². The van der Waals surface area contributed by atoms with Crippen molar-refractivity contribution in [2.75, 3.05) is 0 Å². The van der Waals surface area contributed by atoms with Crippen LogP contribution >= 0.6 is 0 Å². The average Bonchev–Trinajstić information content (AvgIpc) is 2.79. The molecule has 96 valence electrons. The zero-order valence-electron chi connectivity index (χ0n) is 11.9. The van der Waals surface area contributed by atoms with Gasteiger partial charge in [0.25, 0.3) is 0 Å². The Morgan fingerprint density at radius 2 is 1.42 bits per heavy atom. The maximum absolute atomic E-state index is 2.44. The van der Waals surface area contributed by atoms with Crippen LogP contribution in [-0.2, 0) is 0 Å². The van der Waals surface area contributed by atoms with Crippen molar-refractivity contribution in [3.63, 3.8) is 0 Å². The van der Waals surface area contributed by atoms with Gasteiger partial charge in [-0.2, -0.15) is 0 Å². The van der Waals surface area contributed by atoms with Crippen LogP contribution in [0.2, 0.25) is 0 Å². The molecule has 0 N–H and O–H groups in total. The Bertz CT molecular complexity index is 612.